The standard InChI is InChI=1S/C22H28O4.C15H24O.C7H6O3/c1-21(2,3)17-11-14(12-18(19(17)24)22(4,5)6)13-26-20(25)15-7-9-16(23)10-8-15;1-10-8-11(14(2,3)4)13(16)12(9-10)15(5,6)7;8-6-3-1-5(2-4-6)7(9)10/h7-12,23-24H,13H2,1-6H3;8-9,16H,1-7H3;1-4,8H,(H,9,10). The molecule has 282 valence electrons. The van der Waals surface area contributed by atoms with Crippen molar-refractivity contribution in [2.45, 2.75) is 118 Å². The van der Waals surface area contributed by atoms with Crippen LogP contribution in [0.25, 0.3) is 0 Å². The number of ether oxygens (including phenoxy) is 1. The number of carbonyl (C=O) groups is 2. The Kier molecular flexibility index (Phi) is 13.8. The summed E-state index contributed by atoms with van der Waals surface area (Å²) in [7, 11) is 0. The minimum atomic E-state index is -0.986. The van der Waals surface area contributed by atoms with Gasteiger partial charge in [-0.2, -0.15) is 0 Å². The molecule has 0 heterocycles. The molecule has 0 spiro atoms. The third-order valence-corrected chi connectivity index (χ3v) is 8.24. The highest BCUT2D eigenvalue weighted by atomic mass is 16.5. The second-order valence-electron chi connectivity index (χ2n) is 17.2. The van der Waals surface area contributed by atoms with E-state index in [2.05, 4.69) is 60.6 Å². The quantitative estimate of drug-likeness (QED) is 0.131. The molecule has 8 nitrogen and oxygen atoms in total. The topological polar surface area (TPSA) is 145 Å². The smallest absolute Gasteiger partial charge is 0.338 e. The van der Waals surface area contributed by atoms with E-state index in [0.717, 1.165) is 27.8 Å². The third-order valence-electron chi connectivity index (χ3n) is 8.24. The summed E-state index contributed by atoms with van der Waals surface area (Å²) in [4.78, 5) is 22.4. The van der Waals surface area contributed by atoms with E-state index in [4.69, 9.17) is 14.9 Å². The fourth-order valence-electron chi connectivity index (χ4n) is 5.28. The third kappa shape index (κ3) is 12.4. The summed E-state index contributed by atoms with van der Waals surface area (Å²) in [5.41, 5.74) is 5.86. The first-order chi connectivity index (χ1) is 23.6. The lowest BCUT2D eigenvalue weighted by Gasteiger charge is -2.28. The molecular weight excluding hydrogens is 656 g/mol. The molecule has 5 N–H and O–H groups in total. The first-order valence-electron chi connectivity index (χ1n) is 17.3. The van der Waals surface area contributed by atoms with E-state index in [-0.39, 0.29) is 45.3 Å². The van der Waals surface area contributed by atoms with Gasteiger partial charge in [0.2, 0.25) is 0 Å². The Labute approximate surface area is 309 Å². The predicted octanol–water partition coefficient (Wildman–Crippen LogP) is 10.4. The number of aryl methyl sites for hydroxylation is 1. The Morgan fingerprint density at radius 3 is 1.13 bits per heavy atom. The van der Waals surface area contributed by atoms with Gasteiger partial charge in [0.25, 0.3) is 0 Å². The second-order valence-corrected chi connectivity index (χ2v) is 17.2. The molecule has 0 amide bonds. The lowest BCUT2D eigenvalue weighted by molar-refractivity contribution is 0.0472. The number of phenols is 4. The number of esters is 1. The van der Waals surface area contributed by atoms with Crippen LogP contribution < -0.4 is 0 Å². The van der Waals surface area contributed by atoms with Gasteiger partial charge in [-0.1, -0.05) is 101 Å². The predicted molar refractivity (Wildman–Crippen MR) is 208 cm³/mol. The van der Waals surface area contributed by atoms with Gasteiger partial charge in [0, 0.05) is 0 Å². The van der Waals surface area contributed by atoms with Crippen molar-refractivity contribution in [3.63, 3.8) is 0 Å². The maximum Gasteiger partial charge on any atom is 0.338 e. The zero-order valence-corrected chi connectivity index (χ0v) is 33.1. The van der Waals surface area contributed by atoms with Gasteiger partial charge >= 0.3 is 11.9 Å². The highest BCUT2D eigenvalue weighted by Crippen LogP contribution is 2.41. The summed E-state index contributed by atoms with van der Waals surface area (Å²) >= 11 is 0. The van der Waals surface area contributed by atoms with Gasteiger partial charge < -0.3 is 30.3 Å². The lowest BCUT2D eigenvalue weighted by atomic mass is 9.78. The average Bonchev–Trinajstić information content (AvgIpc) is 3.00. The number of phenolic OH excluding ortho intramolecular Hbond substituents is 4. The zero-order valence-electron chi connectivity index (χ0n) is 33.1. The van der Waals surface area contributed by atoms with Crippen LogP contribution in [0.5, 0.6) is 23.0 Å². The number of rotatable bonds is 4. The molecule has 4 rings (SSSR count). The van der Waals surface area contributed by atoms with Gasteiger partial charge in [-0.05, 0) is 117 Å². The van der Waals surface area contributed by atoms with Crippen LogP contribution in [0.4, 0.5) is 0 Å². The van der Waals surface area contributed by atoms with Crippen molar-refractivity contribution in [2.75, 3.05) is 0 Å². The molecule has 0 aliphatic heterocycles. The van der Waals surface area contributed by atoms with Crippen molar-refractivity contribution in [3.05, 3.63) is 117 Å². The summed E-state index contributed by atoms with van der Waals surface area (Å²) in [5.74, 6) is -0.494. The number of aromatic hydroxyl groups is 4. The monoisotopic (exact) mass is 714 g/mol. The van der Waals surface area contributed by atoms with Gasteiger partial charge in [-0.15, -0.1) is 0 Å². The van der Waals surface area contributed by atoms with E-state index >= 15 is 0 Å². The molecule has 0 bridgehead atoms. The Morgan fingerprint density at radius 2 is 0.827 bits per heavy atom. The van der Waals surface area contributed by atoms with Crippen molar-refractivity contribution in [2.24, 2.45) is 0 Å². The molecule has 0 aromatic heterocycles. The highest BCUT2D eigenvalue weighted by Gasteiger charge is 2.27. The van der Waals surface area contributed by atoms with Crippen molar-refractivity contribution in [3.8, 4) is 23.0 Å². The fourth-order valence-corrected chi connectivity index (χ4v) is 5.28. The molecule has 0 aliphatic carbocycles. The molecule has 4 aromatic rings. The van der Waals surface area contributed by atoms with Crippen molar-refractivity contribution >= 4 is 11.9 Å². The molecule has 0 aliphatic rings. The van der Waals surface area contributed by atoms with Crippen molar-refractivity contribution in [1.29, 1.82) is 0 Å². The molecule has 0 unspecified atom stereocenters. The maximum atomic E-state index is 12.2. The summed E-state index contributed by atoms with van der Waals surface area (Å²) in [6.07, 6.45) is 0. The Morgan fingerprint density at radius 1 is 0.519 bits per heavy atom. The largest absolute Gasteiger partial charge is 0.508 e. The van der Waals surface area contributed by atoms with E-state index in [1.807, 2.05) is 53.7 Å². The first-order valence-corrected chi connectivity index (χ1v) is 17.3. The van der Waals surface area contributed by atoms with Gasteiger partial charge in [-0.3, -0.25) is 0 Å². The molecule has 0 saturated carbocycles. The van der Waals surface area contributed by atoms with Gasteiger partial charge in [0.1, 0.15) is 29.6 Å². The van der Waals surface area contributed by atoms with Crippen LogP contribution in [-0.4, -0.2) is 37.5 Å². The Bertz CT molecular complexity index is 1750. The van der Waals surface area contributed by atoms with Crippen LogP contribution in [0.2, 0.25) is 0 Å². The molecule has 0 saturated heterocycles. The minimum Gasteiger partial charge on any atom is -0.508 e. The minimum absolute atomic E-state index is 0.0178. The SMILES string of the molecule is CC(C)(C)c1cc(COC(=O)c2ccc(O)cc2)cc(C(C)(C)C)c1O.Cc1cc(C(C)(C)C)c(O)c(C(C)(C)C)c1.O=C(O)c1ccc(O)cc1. The molecule has 52 heavy (non-hydrogen) atoms. The summed E-state index contributed by atoms with van der Waals surface area (Å²) in [5, 5.41) is 47.6. The number of hydrogen-bond acceptors (Lipinski definition) is 7. The molecule has 0 atom stereocenters. The number of hydrogen-bond donors (Lipinski definition) is 5. The van der Waals surface area contributed by atoms with E-state index in [1.165, 1.54) is 54.1 Å². The number of aromatic carboxylic acids is 1. The fraction of sp³-hybridized carbons (Fsp3) is 0.409. The van der Waals surface area contributed by atoms with Crippen LogP contribution in [0.3, 0.4) is 0 Å². The van der Waals surface area contributed by atoms with Gasteiger partial charge in [0.05, 0.1) is 11.1 Å². The first kappa shape index (κ1) is 43.2. The molecular formula is C44H58O8. The van der Waals surface area contributed by atoms with Crippen LogP contribution >= 0.6 is 0 Å². The van der Waals surface area contributed by atoms with E-state index in [1.54, 1.807) is 0 Å². The maximum absolute atomic E-state index is 12.2. The molecule has 8 heteroatoms. The van der Waals surface area contributed by atoms with Crippen LogP contribution in [-0.2, 0) is 33.0 Å². The number of carboxylic acid groups (broad SMARTS) is 1. The number of carboxylic acids is 1. The Balaban J connectivity index is 0.000000304. The van der Waals surface area contributed by atoms with E-state index < -0.39 is 11.9 Å². The zero-order chi connectivity index (χ0) is 40.0. The highest BCUT2D eigenvalue weighted by molar-refractivity contribution is 5.89. The van der Waals surface area contributed by atoms with Crippen LogP contribution in [0, 0.1) is 6.92 Å². The number of benzene rings is 4. The number of carbonyl (C=O) groups excluding carboxylic acids is 1. The second kappa shape index (κ2) is 16.6. The lowest BCUT2D eigenvalue weighted by Crippen LogP contribution is -2.18. The summed E-state index contributed by atoms with van der Waals surface area (Å²) < 4.78 is 5.43. The molecule has 0 radical (unpaired) electrons. The summed E-state index contributed by atoms with van der Waals surface area (Å²) in [6.45, 7) is 27.3. The molecule has 0 fully saturated rings. The van der Waals surface area contributed by atoms with E-state index in [0.29, 0.717) is 17.1 Å². The van der Waals surface area contributed by atoms with Gasteiger partial charge in [0.15, 0.2) is 0 Å². The normalized spacial score (nSPS) is 11.8. The van der Waals surface area contributed by atoms with Crippen molar-refractivity contribution in [1.82, 2.24) is 0 Å². The van der Waals surface area contributed by atoms with Crippen LogP contribution in [0.1, 0.15) is 137 Å². The van der Waals surface area contributed by atoms with Crippen LogP contribution in [0.15, 0.2) is 72.8 Å². The van der Waals surface area contributed by atoms with E-state index in [9.17, 15) is 24.9 Å². The van der Waals surface area contributed by atoms with Crippen molar-refractivity contribution < 1.29 is 39.9 Å². The summed E-state index contributed by atoms with van der Waals surface area (Å²) in [6, 6.07) is 19.3. The molecule has 4 aromatic carbocycles. The average molecular weight is 715 g/mol. The Hall–Kier alpha value is -4.98. The van der Waals surface area contributed by atoms with Gasteiger partial charge in [-0.25, -0.2) is 9.59 Å².